The number of hydrogen-bond acceptors (Lipinski definition) is 2. The van der Waals surface area contributed by atoms with E-state index in [-0.39, 0.29) is 6.42 Å². The molecule has 0 saturated heterocycles. The molecule has 0 saturated carbocycles. The number of rotatable bonds is 4. The van der Waals surface area contributed by atoms with Crippen molar-refractivity contribution in [3.05, 3.63) is 70.8 Å². The molecule has 0 atom stereocenters. The third kappa shape index (κ3) is 2.91. The van der Waals surface area contributed by atoms with Crippen LogP contribution < -0.4 is 0 Å². The van der Waals surface area contributed by atoms with Crippen LogP contribution in [0.3, 0.4) is 0 Å². The van der Waals surface area contributed by atoms with E-state index >= 15 is 0 Å². The molecule has 0 aliphatic heterocycles. The molecular formula is C15H10F2O2. The molecule has 0 unspecified atom stereocenters. The van der Waals surface area contributed by atoms with Crippen molar-refractivity contribution in [2.24, 2.45) is 0 Å². The summed E-state index contributed by atoms with van der Waals surface area (Å²) in [4.78, 5) is 21.8. The van der Waals surface area contributed by atoms with Gasteiger partial charge in [0.15, 0.2) is 0 Å². The molecule has 0 aliphatic carbocycles. The van der Waals surface area contributed by atoms with Crippen molar-refractivity contribution >= 4 is 12.1 Å². The van der Waals surface area contributed by atoms with Crippen LogP contribution in [0.2, 0.25) is 0 Å². The lowest BCUT2D eigenvalue weighted by atomic mass is 9.96. The van der Waals surface area contributed by atoms with Crippen LogP contribution in [0.25, 0.3) is 0 Å². The molecule has 2 rings (SSSR count). The summed E-state index contributed by atoms with van der Waals surface area (Å²) in [7, 11) is 0. The minimum Gasteiger partial charge on any atom is -0.255 e. The molecule has 19 heavy (non-hydrogen) atoms. The molecule has 0 fully saturated rings. The van der Waals surface area contributed by atoms with Crippen molar-refractivity contribution in [2.45, 2.75) is 6.42 Å². The number of halogens is 2. The fourth-order valence-electron chi connectivity index (χ4n) is 1.96. The lowest BCUT2D eigenvalue weighted by Crippen LogP contribution is -2.07. The van der Waals surface area contributed by atoms with Gasteiger partial charge in [-0.2, -0.15) is 8.78 Å². The lowest BCUT2D eigenvalue weighted by molar-refractivity contribution is 0.0795. The van der Waals surface area contributed by atoms with E-state index in [2.05, 4.69) is 0 Å². The fraction of sp³-hybridized carbons (Fsp3) is 0.0667. The van der Waals surface area contributed by atoms with Gasteiger partial charge in [0.2, 0.25) is 0 Å². The van der Waals surface area contributed by atoms with Gasteiger partial charge in [0.25, 0.3) is 0 Å². The molecule has 96 valence electrons. The Labute approximate surface area is 108 Å². The summed E-state index contributed by atoms with van der Waals surface area (Å²) in [5.41, 5.74) is 0.121. The van der Waals surface area contributed by atoms with Gasteiger partial charge in [-0.25, -0.2) is 0 Å². The SMILES string of the molecule is O=C(F)c1cccc(Cc2ccccc2)c1C(=O)F. The molecule has 0 aliphatic rings. The fourth-order valence-corrected chi connectivity index (χ4v) is 1.96. The number of carbonyl (C=O) groups is 2. The van der Waals surface area contributed by atoms with E-state index in [1.165, 1.54) is 12.1 Å². The average molecular weight is 260 g/mol. The molecule has 0 heterocycles. The van der Waals surface area contributed by atoms with Gasteiger partial charge in [0, 0.05) is 0 Å². The van der Waals surface area contributed by atoms with Gasteiger partial charge in [-0.15, -0.1) is 0 Å². The molecule has 4 heteroatoms. The Bertz CT molecular complexity index is 621. The molecule has 0 spiro atoms. The zero-order chi connectivity index (χ0) is 13.8. The van der Waals surface area contributed by atoms with E-state index in [1.54, 1.807) is 24.3 Å². The number of benzene rings is 2. The number of carbonyl (C=O) groups excluding carboxylic acids is 2. The van der Waals surface area contributed by atoms with E-state index < -0.39 is 23.2 Å². The Hall–Kier alpha value is -2.36. The van der Waals surface area contributed by atoms with Crippen molar-refractivity contribution in [1.82, 2.24) is 0 Å². The second-order valence-corrected chi connectivity index (χ2v) is 4.05. The first-order valence-corrected chi connectivity index (χ1v) is 5.65. The topological polar surface area (TPSA) is 34.1 Å². The highest BCUT2D eigenvalue weighted by Gasteiger charge is 2.20. The van der Waals surface area contributed by atoms with Gasteiger partial charge >= 0.3 is 12.1 Å². The van der Waals surface area contributed by atoms with Gasteiger partial charge in [-0.3, -0.25) is 9.59 Å². The summed E-state index contributed by atoms with van der Waals surface area (Å²) in [5.74, 6) is 0. The third-order valence-electron chi connectivity index (χ3n) is 2.80. The van der Waals surface area contributed by atoms with Crippen molar-refractivity contribution in [1.29, 1.82) is 0 Å². The molecule has 2 aromatic carbocycles. The van der Waals surface area contributed by atoms with E-state index in [4.69, 9.17) is 0 Å². The Balaban J connectivity index is 2.48. The maximum absolute atomic E-state index is 13.1. The monoisotopic (exact) mass is 260 g/mol. The summed E-state index contributed by atoms with van der Waals surface area (Å²) in [6.07, 6.45) is 0.257. The van der Waals surface area contributed by atoms with Gasteiger partial charge in [-0.05, 0) is 23.6 Å². The first-order chi connectivity index (χ1) is 9.09. The molecule has 0 radical (unpaired) electrons. The first-order valence-electron chi connectivity index (χ1n) is 5.65. The molecule has 0 aromatic heterocycles. The van der Waals surface area contributed by atoms with Crippen LogP contribution in [0.1, 0.15) is 31.8 Å². The van der Waals surface area contributed by atoms with E-state index in [9.17, 15) is 18.4 Å². The Morgan fingerprint density at radius 1 is 0.842 bits per heavy atom. The van der Waals surface area contributed by atoms with E-state index in [0.717, 1.165) is 11.6 Å². The quantitative estimate of drug-likeness (QED) is 0.788. The van der Waals surface area contributed by atoms with Crippen molar-refractivity contribution in [3.63, 3.8) is 0 Å². The molecular weight excluding hydrogens is 250 g/mol. The first kappa shape index (κ1) is 13.1. The molecule has 0 bridgehead atoms. The predicted molar refractivity (Wildman–Crippen MR) is 66.6 cm³/mol. The highest BCUT2D eigenvalue weighted by molar-refractivity contribution is 6.03. The van der Waals surface area contributed by atoms with Gasteiger partial charge in [-0.1, -0.05) is 42.5 Å². The summed E-state index contributed by atoms with van der Waals surface area (Å²) in [6, 6.07) is 9.46. The molecule has 0 N–H and O–H groups in total. The highest BCUT2D eigenvalue weighted by atomic mass is 19.1. The standard InChI is InChI=1S/C15H10F2O2/c16-14(18)12-8-4-7-11(13(12)15(17)19)9-10-5-2-1-3-6-10/h1-8H,9H2. The minimum absolute atomic E-state index is 0.257. The van der Waals surface area contributed by atoms with Crippen LogP contribution in [0, 0.1) is 0 Å². The van der Waals surface area contributed by atoms with Gasteiger partial charge < -0.3 is 0 Å². The Morgan fingerprint density at radius 3 is 2.11 bits per heavy atom. The van der Waals surface area contributed by atoms with Crippen molar-refractivity contribution in [2.75, 3.05) is 0 Å². The van der Waals surface area contributed by atoms with Crippen LogP contribution in [0.5, 0.6) is 0 Å². The summed E-state index contributed by atoms with van der Waals surface area (Å²) < 4.78 is 25.9. The van der Waals surface area contributed by atoms with E-state index in [0.29, 0.717) is 5.56 Å². The predicted octanol–water partition coefficient (Wildman–Crippen LogP) is 3.50. The van der Waals surface area contributed by atoms with Crippen molar-refractivity contribution < 1.29 is 18.4 Å². The smallest absolute Gasteiger partial charge is 0.255 e. The summed E-state index contributed by atoms with van der Waals surface area (Å²) >= 11 is 0. The van der Waals surface area contributed by atoms with Crippen LogP contribution in [-0.4, -0.2) is 12.1 Å². The summed E-state index contributed by atoms with van der Waals surface area (Å²) in [6.45, 7) is 0. The zero-order valence-corrected chi connectivity index (χ0v) is 9.90. The third-order valence-corrected chi connectivity index (χ3v) is 2.80. The van der Waals surface area contributed by atoms with Crippen LogP contribution >= 0.6 is 0 Å². The number of hydrogen-bond donors (Lipinski definition) is 0. The van der Waals surface area contributed by atoms with Gasteiger partial charge in [0.1, 0.15) is 0 Å². The molecule has 0 amide bonds. The minimum atomic E-state index is -1.81. The summed E-state index contributed by atoms with van der Waals surface area (Å²) in [5, 5.41) is 0. The van der Waals surface area contributed by atoms with Crippen LogP contribution in [-0.2, 0) is 6.42 Å². The van der Waals surface area contributed by atoms with Gasteiger partial charge in [0.05, 0.1) is 11.1 Å². The second-order valence-electron chi connectivity index (χ2n) is 4.05. The molecule has 2 nitrogen and oxygen atoms in total. The van der Waals surface area contributed by atoms with Crippen LogP contribution in [0.4, 0.5) is 8.78 Å². The maximum atomic E-state index is 13.1. The largest absolute Gasteiger partial charge is 0.333 e. The van der Waals surface area contributed by atoms with Crippen LogP contribution in [0.15, 0.2) is 48.5 Å². The maximum Gasteiger partial charge on any atom is 0.333 e. The second kappa shape index (κ2) is 5.52. The lowest BCUT2D eigenvalue weighted by Gasteiger charge is -2.08. The highest BCUT2D eigenvalue weighted by Crippen LogP contribution is 2.20. The van der Waals surface area contributed by atoms with E-state index in [1.807, 2.05) is 6.07 Å². The Morgan fingerprint density at radius 2 is 1.53 bits per heavy atom. The average Bonchev–Trinajstić information content (AvgIpc) is 2.39. The normalized spacial score (nSPS) is 10.2. The van der Waals surface area contributed by atoms with Crippen molar-refractivity contribution in [3.8, 4) is 0 Å². The Kier molecular flexibility index (Phi) is 3.80. The zero-order valence-electron chi connectivity index (χ0n) is 9.90. The molecule has 2 aromatic rings.